The van der Waals surface area contributed by atoms with Crippen LogP contribution in [-0.2, 0) is 0 Å². The summed E-state index contributed by atoms with van der Waals surface area (Å²) in [5.41, 5.74) is 5.81. The molecule has 0 saturated heterocycles. The molecule has 0 spiro atoms. The smallest absolute Gasteiger partial charge is 0.139 e. The molecule has 1 unspecified atom stereocenters. The van der Waals surface area contributed by atoms with Crippen LogP contribution in [0.5, 0.6) is 0 Å². The molecule has 4 N–H and O–H groups in total. The van der Waals surface area contributed by atoms with Crippen LogP contribution in [0.25, 0.3) is 0 Å². The van der Waals surface area contributed by atoms with E-state index in [2.05, 4.69) is 24.3 Å². The van der Waals surface area contributed by atoms with Gasteiger partial charge in [0.25, 0.3) is 0 Å². The van der Waals surface area contributed by atoms with Gasteiger partial charge in [0, 0.05) is 12.5 Å². The van der Waals surface area contributed by atoms with Crippen molar-refractivity contribution in [1.82, 2.24) is 5.32 Å². The maximum Gasteiger partial charge on any atom is 0.139 e. The van der Waals surface area contributed by atoms with Crippen molar-refractivity contribution in [3.8, 4) is 0 Å². The minimum atomic E-state index is 0.317. The van der Waals surface area contributed by atoms with E-state index >= 15 is 0 Å². The number of amidine groups is 1. The Labute approximate surface area is 79.2 Å². The average molecular weight is 185 g/mol. The Bertz CT molecular complexity index is 201. The molecule has 4 nitrogen and oxygen atoms in total. The summed E-state index contributed by atoms with van der Waals surface area (Å²) in [6.45, 7) is 5.47. The van der Waals surface area contributed by atoms with Crippen molar-refractivity contribution in [2.24, 2.45) is 16.3 Å². The second kappa shape index (κ2) is 3.96. The van der Waals surface area contributed by atoms with Gasteiger partial charge in [-0.05, 0) is 24.8 Å². The third-order valence-electron chi connectivity index (χ3n) is 2.64. The summed E-state index contributed by atoms with van der Waals surface area (Å²) >= 11 is 0. The van der Waals surface area contributed by atoms with E-state index in [1.54, 1.807) is 0 Å². The van der Waals surface area contributed by atoms with Gasteiger partial charge in [0.1, 0.15) is 5.84 Å². The largest absolute Gasteiger partial charge is 0.409 e. The molecule has 0 aromatic carbocycles. The Morgan fingerprint density at radius 2 is 2.31 bits per heavy atom. The summed E-state index contributed by atoms with van der Waals surface area (Å²) in [4.78, 5) is 0. The maximum atomic E-state index is 8.28. The lowest BCUT2D eigenvalue weighted by molar-refractivity contribution is 0.316. The molecule has 1 rings (SSSR count). The second-order valence-corrected chi connectivity index (χ2v) is 4.39. The van der Waals surface area contributed by atoms with Crippen molar-refractivity contribution in [1.29, 1.82) is 0 Å². The molecule has 1 saturated carbocycles. The fourth-order valence-corrected chi connectivity index (χ4v) is 1.41. The van der Waals surface area contributed by atoms with Crippen LogP contribution in [0.1, 0.15) is 33.1 Å². The summed E-state index contributed by atoms with van der Waals surface area (Å²) in [5.74, 6) is 0.317. The maximum absolute atomic E-state index is 8.28. The molecule has 0 aliphatic heterocycles. The number of rotatable bonds is 5. The first-order chi connectivity index (χ1) is 6.06. The van der Waals surface area contributed by atoms with Crippen LogP contribution in [0, 0.1) is 5.41 Å². The van der Waals surface area contributed by atoms with E-state index in [0.29, 0.717) is 23.7 Å². The van der Waals surface area contributed by atoms with Gasteiger partial charge in [-0.25, -0.2) is 0 Å². The molecule has 0 amide bonds. The van der Waals surface area contributed by atoms with E-state index in [4.69, 9.17) is 10.9 Å². The molecule has 0 bridgehead atoms. The molecule has 4 heteroatoms. The minimum absolute atomic E-state index is 0.317. The summed E-state index contributed by atoms with van der Waals surface area (Å²) < 4.78 is 0. The first-order valence-electron chi connectivity index (χ1n) is 4.76. The van der Waals surface area contributed by atoms with Gasteiger partial charge in [0.2, 0.25) is 0 Å². The van der Waals surface area contributed by atoms with Gasteiger partial charge >= 0.3 is 0 Å². The third kappa shape index (κ3) is 3.22. The lowest BCUT2D eigenvalue weighted by Gasteiger charge is -2.05. The summed E-state index contributed by atoms with van der Waals surface area (Å²) in [6, 6.07) is 0.666. The topological polar surface area (TPSA) is 70.6 Å². The van der Waals surface area contributed by atoms with Crippen LogP contribution in [0.2, 0.25) is 0 Å². The van der Waals surface area contributed by atoms with Crippen LogP contribution in [-0.4, -0.2) is 23.6 Å². The summed E-state index contributed by atoms with van der Waals surface area (Å²) in [5, 5.41) is 14.6. The molecule has 1 atom stereocenters. The Kier molecular flexibility index (Phi) is 3.14. The van der Waals surface area contributed by atoms with Gasteiger partial charge in [-0.1, -0.05) is 19.0 Å². The predicted octanol–water partition coefficient (Wildman–Crippen LogP) is 0.901. The van der Waals surface area contributed by atoms with Gasteiger partial charge in [-0.15, -0.1) is 0 Å². The first-order valence-corrected chi connectivity index (χ1v) is 4.76. The summed E-state index contributed by atoms with van der Waals surface area (Å²) in [6.07, 6.45) is 2.86. The van der Waals surface area contributed by atoms with E-state index < -0.39 is 0 Å². The fraction of sp³-hybridized carbons (Fsp3) is 0.889. The lowest BCUT2D eigenvalue weighted by Crippen LogP contribution is -2.23. The molecule has 1 aliphatic rings. The molecule has 0 radical (unpaired) electrons. The van der Waals surface area contributed by atoms with E-state index in [1.165, 1.54) is 6.42 Å². The molecule has 0 aromatic rings. The zero-order valence-electron chi connectivity index (χ0n) is 8.38. The fourth-order valence-electron chi connectivity index (χ4n) is 1.41. The SMILES string of the molecule is CC1(C)CC1NCCCC(N)=NO. The molecule has 1 aliphatic carbocycles. The Balaban J connectivity index is 1.97. The number of oxime groups is 1. The highest BCUT2D eigenvalue weighted by molar-refractivity contribution is 5.79. The van der Waals surface area contributed by atoms with Crippen molar-refractivity contribution in [3.63, 3.8) is 0 Å². The first kappa shape index (κ1) is 10.3. The summed E-state index contributed by atoms with van der Waals surface area (Å²) in [7, 11) is 0. The Morgan fingerprint density at radius 1 is 1.69 bits per heavy atom. The van der Waals surface area contributed by atoms with Crippen LogP contribution in [0.15, 0.2) is 5.16 Å². The standard InChI is InChI=1S/C9H19N3O/c1-9(2)6-7(9)11-5-3-4-8(10)12-13/h7,11,13H,3-6H2,1-2H3,(H2,10,12). The van der Waals surface area contributed by atoms with Crippen molar-refractivity contribution in [3.05, 3.63) is 0 Å². The minimum Gasteiger partial charge on any atom is -0.409 e. The molecule has 76 valence electrons. The number of nitrogens with one attached hydrogen (secondary N) is 1. The Morgan fingerprint density at radius 3 is 2.77 bits per heavy atom. The monoisotopic (exact) mass is 185 g/mol. The number of hydrogen-bond acceptors (Lipinski definition) is 3. The molecule has 0 heterocycles. The number of hydrogen-bond donors (Lipinski definition) is 3. The van der Waals surface area contributed by atoms with Gasteiger partial charge in [0.05, 0.1) is 0 Å². The number of nitrogens with zero attached hydrogens (tertiary/aromatic N) is 1. The second-order valence-electron chi connectivity index (χ2n) is 4.39. The molecular formula is C9H19N3O. The highest BCUT2D eigenvalue weighted by Gasteiger charge is 2.44. The van der Waals surface area contributed by atoms with Gasteiger partial charge in [-0.2, -0.15) is 0 Å². The van der Waals surface area contributed by atoms with Gasteiger partial charge < -0.3 is 16.3 Å². The molecule has 1 fully saturated rings. The van der Waals surface area contributed by atoms with E-state index in [-0.39, 0.29) is 0 Å². The number of nitrogens with two attached hydrogens (primary N) is 1. The molecular weight excluding hydrogens is 166 g/mol. The third-order valence-corrected chi connectivity index (χ3v) is 2.64. The van der Waals surface area contributed by atoms with Crippen LogP contribution >= 0.6 is 0 Å². The zero-order chi connectivity index (χ0) is 9.90. The Hall–Kier alpha value is -0.770. The predicted molar refractivity (Wildman–Crippen MR) is 52.8 cm³/mol. The van der Waals surface area contributed by atoms with E-state index in [1.807, 2.05) is 0 Å². The zero-order valence-corrected chi connectivity index (χ0v) is 8.38. The lowest BCUT2D eigenvalue weighted by atomic mass is 10.2. The van der Waals surface area contributed by atoms with E-state index in [0.717, 1.165) is 13.0 Å². The van der Waals surface area contributed by atoms with Crippen molar-refractivity contribution in [2.75, 3.05) is 6.54 Å². The van der Waals surface area contributed by atoms with E-state index in [9.17, 15) is 0 Å². The molecule has 13 heavy (non-hydrogen) atoms. The quantitative estimate of drug-likeness (QED) is 0.196. The normalized spacial score (nSPS) is 26.0. The average Bonchev–Trinajstić information content (AvgIpc) is 2.67. The highest BCUT2D eigenvalue weighted by Crippen LogP contribution is 2.44. The molecule has 0 aromatic heterocycles. The van der Waals surface area contributed by atoms with Crippen LogP contribution in [0.3, 0.4) is 0 Å². The van der Waals surface area contributed by atoms with Crippen molar-refractivity contribution >= 4 is 5.84 Å². The van der Waals surface area contributed by atoms with Crippen LogP contribution in [0.4, 0.5) is 0 Å². The van der Waals surface area contributed by atoms with Gasteiger partial charge in [-0.3, -0.25) is 0 Å². The van der Waals surface area contributed by atoms with Crippen molar-refractivity contribution in [2.45, 2.75) is 39.2 Å². The highest BCUT2D eigenvalue weighted by atomic mass is 16.4. The van der Waals surface area contributed by atoms with Gasteiger partial charge in [0.15, 0.2) is 0 Å². The van der Waals surface area contributed by atoms with Crippen molar-refractivity contribution < 1.29 is 5.21 Å². The van der Waals surface area contributed by atoms with Crippen LogP contribution < -0.4 is 11.1 Å².